The van der Waals surface area contributed by atoms with Crippen LogP contribution in [0.2, 0.25) is 0 Å². The van der Waals surface area contributed by atoms with Crippen molar-refractivity contribution >= 4 is 11.4 Å². The molecule has 0 spiro atoms. The zero-order valence-electron chi connectivity index (χ0n) is 9.70. The summed E-state index contributed by atoms with van der Waals surface area (Å²) in [5, 5.41) is 12.0. The van der Waals surface area contributed by atoms with Gasteiger partial charge in [-0.2, -0.15) is 5.26 Å². The molecule has 0 heterocycles. The van der Waals surface area contributed by atoms with E-state index in [1.54, 1.807) is 0 Å². The Bertz CT molecular complexity index is 357. The Morgan fingerprint density at radius 3 is 2.13 bits per heavy atom. The lowest BCUT2D eigenvalue weighted by molar-refractivity contribution is 0.729. The highest BCUT2D eigenvalue weighted by Gasteiger charge is 2.15. The van der Waals surface area contributed by atoms with Crippen LogP contribution < -0.4 is 10.2 Å². The number of anilines is 2. The molecule has 0 atom stereocenters. The average Bonchev–Trinajstić information content (AvgIpc) is 2.18. The predicted octanol–water partition coefficient (Wildman–Crippen LogP) is 2.47. The molecule has 0 aliphatic carbocycles. The first kappa shape index (κ1) is 11.4. The van der Waals surface area contributed by atoms with Gasteiger partial charge in [0.05, 0.1) is 6.07 Å². The molecule has 1 rings (SSSR count). The van der Waals surface area contributed by atoms with Gasteiger partial charge in [0.15, 0.2) is 0 Å². The van der Waals surface area contributed by atoms with Crippen LogP contribution in [-0.2, 0) is 0 Å². The van der Waals surface area contributed by atoms with Gasteiger partial charge in [-0.25, -0.2) is 0 Å². The Morgan fingerprint density at radius 1 is 1.20 bits per heavy atom. The van der Waals surface area contributed by atoms with Gasteiger partial charge in [-0.3, -0.25) is 0 Å². The van der Waals surface area contributed by atoms with E-state index in [1.165, 1.54) is 0 Å². The predicted molar refractivity (Wildman–Crippen MR) is 64.1 cm³/mol. The van der Waals surface area contributed by atoms with E-state index in [0.717, 1.165) is 11.4 Å². The van der Waals surface area contributed by atoms with Gasteiger partial charge in [-0.15, -0.1) is 0 Å². The molecule has 3 heteroatoms. The third-order valence-electron chi connectivity index (χ3n) is 2.12. The van der Waals surface area contributed by atoms with Gasteiger partial charge in [0.25, 0.3) is 0 Å². The topological polar surface area (TPSA) is 39.1 Å². The molecule has 0 fully saturated rings. The Labute approximate surface area is 91.3 Å². The van der Waals surface area contributed by atoms with E-state index in [0.29, 0.717) is 0 Å². The summed E-state index contributed by atoms with van der Waals surface area (Å²) in [7, 11) is 4.00. The minimum atomic E-state index is -0.528. The van der Waals surface area contributed by atoms with Gasteiger partial charge in [0.1, 0.15) is 5.54 Å². The maximum atomic E-state index is 8.88. The Kier molecular flexibility index (Phi) is 3.21. The SMILES string of the molecule is CN(C)c1ccc(NC(C)(C)C#N)cc1. The van der Waals surface area contributed by atoms with Crippen molar-refractivity contribution in [3.05, 3.63) is 24.3 Å². The molecule has 0 radical (unpaired) electrons. The third kappa shape index (κ3) is 3.17. The standard InChI is InChI=1S/C12H17N3/c1-12(2,9-13)14-10-5-7-11(8-6-10)15(3)4/h5-8,14H,1-4H3. The first-order valence-corrected chi connectivity index (χ1v) is 4.91. The molecule has 1 aromatic rings. The summed E-state index contributed by atoms with van der Waals surface area (Å²) >= 11 is 0. The molecule has 0 aliphatic heterocycles. The van der Waals surface area contributed by atoms with Crippen molar-refractivity contribution < 1.29 is 0 Å². The van der Waals surface area contributed by atoms with Gasteiger partial charge >= 0.3 is 0 Å². The Balaban J connectivity index is 2.78. The van der Waals surface area contributed by atoms with Crippen LogP contribution in [0, 0.1) is 11.3 Å². The fourth-order valence-corrected chi connectivity index (χ4v) is 1.23. The number of hydrogen-bond acceptors (Lipinski definition) is 3. The van der Waals surface area contributed by atoms with Gasteiger partial charge in [0, 0.05) is 25.5 Å². The summed E-state index contributed by atoms with van der Waals surface area (Å²) in [6.45, 7) is 3.71. The Hall–Kier alpha value is -1.69. The van der Waals surface area contributed by atoms with Crippen molar-refractivity contribution in [1.82, 2.24) is 0 Å². The molecule has 15 heavy (non-hydrogen) atoms. The summed E-state index contributed by atoms with van der Waals surface area (Å²) in [5.41, 5.74) is 1.59. The zero-order valence-corrected chi connectivity index (χ0v) is 9.70. The van der Waals surface area contributed by atoms with Crippen molar-refractivity contribution in [1.29, 1.82) is 5.26 Å². The van der Waals surface area contributed by atoms with Crippen molar-refractivity contribution in [2.45, 2.75) is 19.4 Å². The number of nitriles is 1. The smallest absolute Gasteiger partial charge is 0.119 e. The second kappa shape index (κ2) is 4.22. The average molecular weight is 203 g/mol. The van der Waals surface area contributed by atoms with Crippen LogP contribution in [0.1, 0.15) is 13.8 Å². The van der Waals surface area contributed by atoms with Crippen LogP contribution in [0.5, 0.6) is 0 Å². The van der Waals surface area contributed by atoms with Gasteiger partial charge < -0.3 is 10.2 Å². The fraction of sp³-hybridized carbons (Fsp3) is 0.417. The molecule has 80 valence electrons. The second-order valence-electron chi connectivity index (χ2n) is 4.30. The molecule has 0 saturated carbocycles. The third-order valence-corrected chi connectivity index (χ3v) is 2.12. The molecule has 0 amide bonds. The monoisotopic (exact) mass is 203 g/mol. The van der Waals surface area contributed by atoms with Gasteiger partial charge in [-0.1, -0.05) is 0 Å². The van der Waals surface area contributed by atoms with Crippen molar-refractivity contribution in [2.75, 3.05) is 24.3 Å². The quantitative estimate of drug-likeness (QED) is 0.820. The van der Waals surface area contributed by atoms with Crippen molar-refractivity contribution in [3.63, 3.8) is 0 Å². The number of nitrogens with one attached hydrogen (secondary N) is 1. The summed E-state index contributed by atoms with van der Waals surface area (Å²) in [4.78, 5) is 2.04. The molecule has 0 bridgehead atoms. The van der Waals surface area contributed by atoms with E-state index in [9.17, 15) is 0 Å². The van der Waals surface area contributed by atoms with Crippen molar-refractivity contribution in [3.8, 4) is 6.07 Å². The van der Waals surface area contributed by atoms with Crippen molar-refractivity contribution in [2.24, 2.45) is 0 Å². The summed E-state index contributed by atoms with van der Waals surface area (Å²) in [6, 6.07) is 10.2. The van der Waals surface area contributed by atoms with Crippen LogP contribution in [-0.4, -0.2) is 19.6 Å². The molecule has 1 aromatic carbocycles. The molecule has 0 aromatic heterocycles. The number of benzene rings is 1. The van der Waals surface area contributed by atoms with E-state index in [4.69, 9.17) is 5.26 Å². The normalized spacial score (nSPS) is 10.6. The maximum absolute atomic E-state index is 8.88. The fourth-order valence-electron chi connectivity index (χ4n) is 1.23. The second-order valence-corrected chi connectivity index (χ2v) is 4.30. The number of nitrogens with zero attached hydrogens (tertiary/aromatic N) is 2. The minimum absolute atomic E-state index is 0.528. The number of rotatable bonds is 3. The first-order valence-electron chi connectivity index (χ1n) is 4.91. The maximum Gasteiger partial charge on any atom is 0.119 e. The first-order chi connectivity index (χ1) is 6.94. The molecule has 1 N–H and O–H groups in total. The highest BCUT2D eigenvalue weighted by Crippen LogP contribution is 2.18. The lowest BCUT2D eigenvalue weighted by Gasteiger charge is -2.20. The zero-order chi connectivity index (χ0) is 11.5. The van der Waals surface area contributed by atoms with Crippen LogP contribution in [0.3, 0.4) is 0 Å². The van der Waals surface area contributed by atoms with E-state index >= 15 is 0 Å². The van der Waals surface area contributed by atoms with E-state index in [-0.39, 0.29) is 0 Å². The minimum Gasteiger partial charge on any atom is -0.378 e. The Morgan fingerprint density at radius 2 is 1.73 bits per heavy atom. The van der Waals surface area contributed by atoms with Crippen LogP contribution >= 0.6 is 0 Å². The molecule has 0 aliphatic rings. The van der Waals surface area contributed by atoms with Crippen LogP contribution in [0.25, 0.3) is 0 Å². The molecule has 3 nitrogen and oxygen atoms in total. The van der Waals surface area contributed by atoms with E-state index in [1.807, 2.05) is 57.1 Å². The summed E-state index contributed by atoms with van der Waals surface area (Å²) < 4.78 is 0. The molecular weight excluding hydrogens is 186 g/mol. The summed E-state index contributed by atoms with van der Waals surface area (Å²) in [5.74, 6) is 0. The number of hydrogen-bond donors (Lipinski definition) is 1. The molecule has 0 unspecified atom stereocenters. The van der Waals surface area contributed by atoms with Crippen LogP contribution in [0.4, 0.5) is 11.4 Å². The highest BCUT2D eigenvalue weighted by molar-refractivity contribution is 5.55. The summed E-state index contributed by atoms with van der Waals surface area (Å²) in [6.07, 6.45) is 0. The van der Waals surface area contributed by atoms with Gasteiger partial charge in [-0.05, 0) is 38.1 Å². The van der Waals surface area contributed by atoms with Crippen LogP contribution in [0.15, 0.2) is 24.3 Å². The molecule has 0 saturated heterocycles. The lowest BCUT2D eigenvalue weighted by atomic mass is 10.1. The molecular formula is C12H17N3. The lowest BCUT2D eigenvalue weighted by Crippen LogP contribution is -2.28. The van der Waals surface area contributed by atoms with E-state index < -0.39 is 5.54 Å². The largest absolute Gasteiger partial charge is 0.378 e. The highest BCUT2D eigenvalue weighted by atomic mass is 15.1. The van der Waals surface area contributed by atoms with E-state index in [2.05, 4.69) is 11.4 Å². The van der Waals surface area contributed by atoms with Gasteiger partial charge in [0.2, 0.25) is 0 Å².